The number of fused-ring (bicyclic) bond motifs is 2. The van der Waals surface area contributed by atoms with Crippen LogP contribution in [0.25, 0.3) is 22.2 Å². The van der Waals surface area contributed by atoms with E-state index in [1.165, 1.54) is 5.57 Å². The Balaban J connectivity index is 0.00000160. The molecule has 1 aliphatic heterocycles. The fraction of sp³-hybridized carbons (Fsp3) is 0.286. The number of aromatic nitrogens is 4. The second-order valence-corrected chi connectivity index (χ2v) is 9.46. The smallest absolute Gasteiger partial charge is 0.228 e. The largest absolute Gasteiger partial charge is 0.310 e. The average molecular weight is 469 g/mol. The van der Waals surface area contributed by atoms with E-state index in [1.807, 2.05) is 35.2 Å². The highest BCUT2D eigenvalue weighted by Crippen LogP contribution is 2.34. The van der Waals surface area contributed by atoms with Crippen molar-refractivity contribution in [3.05, 3.63) is 84.1 Å². The number of nitrogens with zero attached hydrogens (tertiary/aromatic N) is 5. The molecule has 0 atom stereocenters. The zero-order chi connectivity index (χ0) is 23.8. The first-order chi connectivity index (χ1) is 17.2. The van der Waals surface area contributed by atoms with Gasteiger partial charge in [-0.2, -0.15) is 5.10 Å². The Labute approximate surface area is 207 Å². The van der Waals surface area contributed by atoms with Gasteiger partial charge < -0.3 is 10.2 Å². The van der Waals surface area contributed by atoms with E-state index in [9.17, 15) is 4.79 Å². The monoisotopic (exact) mass is 468 g/mol. The number of nitrogens with one attached hydrogen (secondary N) is 1. The lowest BCUT2D eigenvalue weighted by molar-refractivity contribution is -0.121. The molecule has 1 aliphatic carbocycles. The van der Waals surface area contributed by atoms with Crippen molar-refractivity contribution in [1.82, 2.24) is 24.5 Å². The van der Waals surface area contributed by atoms with Gasteiger partial charge in [0.05, 0.1) is 17.4 Å². The highest BCUT2D eigenvalue weighted by molar-refractivity contribution is 5.92. The van der Waals surface area contributed by atoms with Crippen molar-refractivity contribution in [3.8, 4) is 11.1 Å². The highest BCUT2D eigenvalue weighted by atomic mass is 16.1. The maximum atomic E-state index is 12.8. The summed E-state index contributed by atoms with van der Waals surface area (Å²) in [5.41, 5.74) is 7.61. The molecule has 0 spiro atoms. The molecule has 0 saturated carbocycles. The maximum absolute atomic E-state index is 12.8. The van der Waals surface area contributed by atoms with E-state index in [0.29, 0.717) is 5.82 Å². The molecule has 1 fully saturated rings. The van der Waals surface area contributed by atoms with E-state index in [2.05, 4.69) is 57.7 Å². The van der Waals surface area contributed by atoms with Gasteiger partial charge in [0.2, 0.25) is 5.91 Å². The van der Waals surface area contributed by atoms with E-state index in [0.717, 1.165) is 72.2 Å². The van der Waals surface area contributed by atoms with Crippen molar-refractivity contribution in [2.24, 2.45) is 5.92 Å². The number of carbonyl (C=O) groups is 1. The maximum Gasteiger partial charge on any atom is 0.228 e. The number of amides is 1. The molecule has 7 nitrogen and oxygen atoms in total. The Kier molecular flexibility index (Phi) is 5.62. The van der Waals surface area contributed by atoms with Gasteiger partial charge in [0.1, 0.15) is 5.82 Å². The van der Waals surface area contributed by atoms with Gasteiger partial charge in [-0.1, -0.05) is 12.1 Å². The molecule has 4 aromatic rings. The zero-order valence-electron chi connectivity index (χ0n) is 19.8. The van der Waals surface area contributed by atoms with Crippen LogP contribution in [0.4, 0.5) is 5.82 Å². The number of rotatable bonds is 4. The fourth-order valence-corrected chi connectivity index (χ4v) is 5.14. The quantitative estimate of drug-likeness (QED) is 0.459. The van der Waals surface area contributed by atoms with Crippen LogP contribution in [0.5, 0.6) is 0 Å². The van der Waals surface area contributed by atoms with Gasteiger partial charge in [-0.05, 0) is 87.3 Å². The summed E-state index contributed by atoms with van der Waals surface area (Å²) in [7, 11) is 2.11. The van der Waals surface area contributed by atoms with Crippen LogP contribution < -0.4 is 5.32 Å². The summed E-state index contributed by atoms with van der Waals surface area (Å²) in [6.07, 6.45) is 13.4. The fourth-order valence-electron chi connectivity index (χ4n) is 5.14. The van der Waals surface area contributed by atoms with Crippen molar-refractivity contribution < 1.29 is 7.65 Å². The summed E-state index contributed by atoms with van der Waals surface area (Å²) in [5, 5.41) is 7.59. The Morgan fingerprint density at radius 3 is 2.80 bits per heavy atom. The van der Waals surface area contributed by atoms with Crippen molar-refractivity contribution >= 4 is 22.8 Å². The van der Waals surface area contributed by atoms with Crippen LogP contribution in [-0.2, 0) is 11.2 Å². The lowest BCUT2D eigenvalue weighted by Crippen LogP contribution is -2.36. The second kappa shape index (κ2) is 9.07. The van der Waals surface area contributed by atoms with Crippen LogP contribution in [0.15, 0.2) is 67.3 Å². The Bertz CT molecular complexity index is 1430. The van der Waals surface area contributed by atoms with Gasteiger partial charge in [0, 0.05) is 44.1 Å². The standard InChI is InChI=1S/C28H28N6O.2H2/c1-33-13-9-19(10-14-33)28(35)32-27-8-7-23-22(5-2-6-25(23)31-27)20-11-15-34-26(16-20)24(18-30-34)21-4-3-12-29-17-21;;/h3-5,7-8,11-12,15-19H,2,6,9-10,13-14H2,1H3,(H,31,32,35);2*1H. The first kappa shape index (κ1) is 21.7. The van der Waals surface area contributed by atoms with Gasteiger partial charge >= 0.3 is 0 Å². The van der Waals surface area contributed by atoms with Crippen LogP contribution in [0, 0.1) is 5.92 Å². The van der Waals surface area contributed by atoms with E-state index >= 15 is 0 Å². The summed E-state index contributed by atoms with van der Waals surface area (Å²) >= 11 is 0. The Morgan fingerprint density at radius 2 is 1.97 bits per heavy atom. The molecule has 2 aliphatic rings. The van der Waals surface area contributed by atoms with Crippen LogP contribution in [0.3, 0.4) is 0 Å². The van der Waals surface area contributed by atoms with Crippen molar-refractivity contribution in [1.29, 1.82) is 0 Å². The van der Waals surface area contributed by atoms with Crippen molar-refractivity contribution in [2.45, 2.75) is 25.7 Å². The number of hydrogen-bond donors (Lipinski definition) is 1. The topological polar surface area (TPSA) is 75.4 Å². The van der Waals surface area contributed by atoms with Gasteiger partial charge in [0.15, 0.2) is 0 Å². The van der Waals surface area contributed by atoms with Gasteiger partial charge in [-0.15, -0.1) is 0 Å². The number of aryl methyl sites for hydroxylation is 1. The summed E-state index contributed by atoms with van der Waals surface area (Å²) in [6, 6.07) is 12.3. The number of piperidine rings is 1. The predicted octanol–water partition coefficient (Wildman–Crippen LogP) is 4.94. The van der Waals surface area contributed by atoms with Crippen LogP contribution in [0.1, 0.15) is 38.9 Å². The first-order valence-corrected chi connectivity index (χ1v) is 12.2. The Morgan fingerprint density at radius 1 is 1.09 bits per heavy atom. The Hall–Kier alpha value is -3.84. The minimum atomic E-state index is 0. The lowest BCUT2D eigenvalue weighted by Gasteiger charge is -2.28. The molecule has 1 N–H and O–H groups in total. The van der Waals surface area contributed by atoms with E-state index in [4.69, 9.17) is 4.98 Å². The molecule has 0 unspecified atom stereocenters. The SMILES string of the molecule is CN1CCC(C(=O)Nc2ccc3c(n2)CCC=C3c2ccn3ncc(-c4cccnc4)c3c2)CC1.[HH].[HH]. The minimum absolute atomic E-state index is 0. The number of allylic oxidation sites excluding steroid dienone is 1. The van der Waals surface area contributed by atoms with Gasteiger partial charge in [-0.25, -0.2) is 9.50 Å². The van der Waals surface area contributed by atoms with Crippen LogP contribution in [0.2, 0.25) is 0 Å². The van der Waals surface area contributed by atoms with E-state index in [1.54, 1.807) is 6.20 Å². The number of anilines is 1. The molecular weight excluding hydrogens is 436 g/mol. The molecular formula is C28H32N6O. The molecule has 0 aromatic carbocycles. The molecule has 1 amide bonds. The third-order valence-corrected chi connectivity index (χ3v) is 7.14. The van der Waals surface area contributed by atoms with Crippen molar-refractivity contribution in [3.63, 3.8) is 0 Å². The normalized spacial score (nSPS) is 16.7. The van der Waals surface area contributed by atoms with Crippen LogP contribution in [-0.4, -0.2) is 50.5 Å². The second-order valence-electron chi connectivity index (χ2n) is 9.46. The number of pyridine rings is 3. The van der Waals surface area contributed by atoms with Crippen LogP contribution >= 0.6 is 0 Å². The molecule has 7 heteroatoms. The molecule has 5 heterocycles. The molecule has 4 aromatic heterocycles. The lowest BCUT2D eigenvalue weighted by atomic mass is 9.90. The predicted molar refractivity (Wildman–Crippen MR) is 141 cm³/mol. The van der Waals surface area contributed by atoms with Gasteiger partial charge in [-0.3, -0.25) is 9.78 Å². The molecule has 6 rings (SSSR count). The molecule has 35 heavy (non-hydrogen) atoms. The van der Waals surface area contributed by atoms with Crippen molar-refractivity contribution in [2.75, 3.05) is 25.5 Å². The van der Waals surface area contributed by atoms with Gasteiger partial charge in [0.25, 0.3) is 0 Å². The number of likely N-dealkylation sites (tertiary alicyclic amines) is 1. The summed E-state index contributed by atoms with van der Waals surface area (Å²) in [6.45, 7) is 1.93. The number of hydrogen-bond acceptors (Lipinski definition) is 5. The zero-order valence-corrected chi connectivity index (χ0v) is 19.8. The third kappa shape index (κ3) is 4.23. The van der Waals surface area contributed by atoms with E-state index < -0.39 is 0 Å². The molecule has 0 radical (unpaired) electrons. The molecule has 180 valence electrons. The summed E-state index contributed by atoms with van der Waals surface area (Å²) < 4.78 is 1.90. The number of carbonyl (C=O) groups excluding carboxylic acids is 1. The summed E-state index contributed by atoms with van der Waals surface area (Å²) in [4.78, 5) is 24.2. The third-order valence-electron chi connectivity index (χ3n) is 7.14. The average Bonchev–Trinajstić information content (AvgIpc) is 3.32. The minimum Gasteiger partial charge on any atom is -0.310 e. The molecule has 1 saturated heterocycles. The highest BCUT2D eigenvalue weighted by Gasteiger charge is 2.24. The first-order valence-electron chi connectivity index (χ1n) is 12.2. The van der Waals surface area contributed by atoms with E-state index in [-0.39, 0.29) is 14.7 Å². The summed E-state index contributed by atoms with van der Waals surface area (Å²) in [5.74, 6) is 0.807. The molecule has 0 bridgehead atoms.